The van der Waals surface area contributed by atoms with Gasteiger partial charge in [-0.2, -0.15) is 0 Å². The summed E-state index contributed by atoms with van der Waals surface area (Å²) in [5, 5.41) is 10.5. The van der Waals surface area contributed by atoms with E-state index < -0.39 is 5.56 Å². The predicted octanol–water partition coefficient (Wildman–Crippen LogP) is 5.11. The van der Waals surface area contributed by atoms with Gasteiger partial charge in [0.2, 0.25) is 0 Å². The Morgan fingerprint density at radius 1 is 0.931 bits per heavy atom. The maximum Gasteiger partial charge on any atom is 0.267 e. The van der Waals surface area contributed by atoms with Crippen LogP contribution in [0.2, 0.25) is 0 Å². The highest BCUT2D eigenvalue weighted by Crippen LogP contribution is 2.38. The maximum absolute atomic E-state index is 13.0. The number of aromatic nitrogens is 1. The molecule has 1 aliphatic heterocycles. The molecule has 1 N–H and O–H groups in total. The van der Waals surface area contributed by atoms with Crippen LogP contribution in [0.25, 0.3) is 11.8 Å². The highest BCUT2D eigenvalue weighted by Gasteiger charge is 2.36. The van der Waals surface area contributed by atoms with E-state index in [9.17, 15) is 9.90 Å². The van der Waals surface area contributed by atoms with Crippen LogP contribution in [0.3, 0.4) is 0 Å². The Kier molecular flexibility index (Phi) is 5.11. The zero-order chi connectivity index (χ0) is 20.7. The van der Waals surface area contributed by atoms with Gasteiger partial charge in [-0.3, -0.25) is 9.69 Å². The van der Waals surface area contributed by atoms with E-state index in [1.807, 2.05) is 36.4 Å². The van der Waals surface area contributed by atoms with Crippen molar-refractivity contribution in [3.8, 4) is 5.69 Å². The molecule has 1 amide bonds. The fourth-order valence-electron chi connectivity index (χ4n) is 3.92. The number of aryl methyl sites for hydroxylation is 3. The predicted molar refractivity (Wildman–Crippen MR) is 120 cm³/mol. The molecule has 0 bridgehead atoms. The number of aliphatic hydroxyl groups is 1. The van der Waals surface area contributed by atoms with E-state index >= 15 is 0 Å². The van der Waals surface area contributed by atoms with Gasteiger partial charge in [-0.15, -0.1) is 0 Å². The SMILES string of the molecule is Cc1cc(C)cc(-n2c(C)cc(/C=C3/SC(O)N(c4ccccc4)C3=O)c2C)c1. The smallest absolute Gasteiger partial charge is 0.267 e. The highest BCUT2D eigenvalue weighted by atomic mass is 32.2. The summed E-state index contributed by atoms with van der Waals surface area (Å²) in [5.74, 6) is -0.176. The van der Waals surface area contributed by atoms with Crippen molar-refractivity contribution < 1.29 is 9.90 Å². The number of nitrogens with zero attached hydrogens (tertiary/aromatic N) is 2. The highest BCUT2D eigenvalue weighted by molar-refractivity contribution is 8.05. The number of rotatable bonds is 3. The molecule has 0 radical (unpaired) electrons. The molecule has 2 aromatic carbocycles. The van der Waals surface area contributed by atoms with Gasteiger partial charge in [-0.25, -0.2) is 0 Å². The second-order valence-corrected chi connectivity index (χ2v) is 8.57. The monoisotopic (exact) mass is 404 g/mol. The van der Waals surface area contributed by atoms with Gasteiger partial charge >= 0.3 is 0 Å². The summed E-state index contributed by atoms with van der Waals surface area (Å²) in [4.78, 5) is 14.9. The van der Waals surface area contributed by atoms with Gasteiger partial charge in [0.1, 0.15) is 0 Å². The number of thioether (sulfide) groups is 1. The average Bonchev–Trinajstić information content (AvgIpc) is 3.10. The Morgan fingerprint density at radius 3 is 2.24 bits per heavy atom. The van der Waals surface area contributed by atoms with Crippen LogP contribution in [0.15, 0.2) is 59.5 Å². The molecule has 0 saturated carbocycles. The molecule has 0 spiro atoms. The van der Waals surface area contributed by atoms with Crippen LogP contribution in [0.1, 0.15) is 28.1 Å². The number of hydrogen-bond donors (Lipinski definition) is 1. The fourth-order valence-corrected chi connectivity index (χ4v) is 4.86. The van der Waals surface area contributed by atoms with Crippen LogP contribution < -0.4 is 4.90 Å². The van der Waals surface area contributed by atoms with Gasteiger partial charge in [0.05, 0.1) is 4.91 Å². The zero-order valence-electron chi connectivity index (χ0n) is 17.0. The molecule has 1 saturated heterocycles. The number of benzene rings is 2. The van der Waals surface area contributed by atoms with Crippen molar-refractivity contribution in [1.29, 1.82) is 0 Å². The molecule has 0 aliphatic carbocycles. The Labute approximate surface area is 175 Å². The normalized spacial score (nSPS) is 18.1. The van der Waals surface area contributed by atoms with Crippen molar-refractivity contribution in [1.82, 2.24) is 4.57 Å². The summed E-state index contributed by atoms with van der Waals surface area (Å²) in [6.45, 7) is 8.33. The first-order valence-electron chi connectivity index (χ1n) is 9.58. The molecule has 1 unspecified atom stereocenters. The number of carbonyl (C=O) groups excluding carboxylic acids is 1. The number of anilines is 1. The Bertz CT molecular complexity index is 1100. The number of hydrogen-bond acceptors (Lipinski definition) is 3. The lowest BCUT2D eigenvalue weighted by Gasteiger charge is -2.18. The lowest BCUT2D eigenvalue weighted by Crippen LogP contribution is -2.31. The van der Waals surface area contributed by atoms with E-state index in [0.717, 1.165) is 22.6 Å². The van der Waals surface area contributed by atoms with Crippen LogP contribution in [-0.4, -0.2) is 21.1 Å². The van der Waals surface area contributed by atoms with Crippen LogP contribution in [0.4, 0.5) is 5.69 Å². The molecule has 1 aliphatic rings. The van der Waals surface area contributed by atoms with Crippen molar-refractivity contribution in [2.45, 2.75) is 33.3 Å². The minimum Gasteiger partial charge on any atom is -0.364 e. The van der Waals surface area contributed by atoms with E-state index in [4.69, 9.17) is 0 Å². The first kappa shape index (κ1) is 19.6. The molecule has 1 aromatic heterocycles. The lowest BCUT2D eigenvalue weighted by molar-refractivity contribution is -0.114. The number of carbonyl (C=O) groups is 1. The quantitative estimate of drug-likeness (QED) is 0.617. The van der Waals surface area contributed by atoms with E-state index in [0.29, 0.717) is 10.6 Å². The summed E-state index contributed by atoms with van der Waals surface area (Å²) < 4.78 is 2.21. The summed E-state index contributed by atoms with van der Waals surface area (Å²) >= 11 is 1.18. The van der Waals surface area contributed by atoms with Crippen molar-refractivity contribution >= 4 is 29.4 Å². The minimum absolute atomic E-state index is 0.176. The molecule has 4 nitrogen and oxygen atoms in total. The molecule has 2 heterocycles. The molecular weight excluding hydrogens is 380 g/mol. The Morgan fingerprint density at radius 2 is 1.59 bits per heavy atom. The topological polar surface area (TPSA) is 45.5 Å². The van der Waals surface area contributed by atoms with E-state index in [1.54, 1.807) is 0 Å². The van der Waals surface area contributed by atoms with Crippen LogP contribution in [0, 0.1) is 27.7 Å². The second kappa shape index (κ2) is 7.58. The first-order chi connectivity index (χ1) is 13.8. The summed E-state index contributed by atoms with van der Waals surface area (Å²) in [7, 11) is 0. The van der Waals surface area contributed by atoms with Crippen LogP contribution >= 0.6 is 11.8 Å². The van der Waals surface area contributed by atoms with Gasteiger partial charge in [-0.05, 0) is 80.8 Å². The summed E-state index contributed by atoms with van der Waals surface area (Å²) in [6.07, 6.45) is 1.89. The third-order valence-corrected chi connectivity index (χ3v) is 6.11. The summed E-state index contributed by atoms with van der Waals surface area (Å²) in [5.41, 5.74) is 6.50. The van der Waals surface area contributed by atoms with Crippen molar-refractivity contribution in [3.05, 3.63) is 87.6 Å². The van der Waals surface area contributed by atoms with E-state index in [-0.39, 0.29) is 5.91 Å². The van der Waals surface area contributed by atoms with Crippen LogP contribution in [-0.2, 0) is 4.79 Å². The third kappa shape index (κ3) is 3.63. The largest absolute Gasteiger partial charge is 0.364 e. The molecule has 1 fully saturated rings. The van der Waals surface area contributed by atoms with E-state index in [1.165, 1.54) is 27.8 Å². The van der Waals surface area contributed by atoms with Gasteiger partial charge < -0.3 is 9.67 Å². The Hall–Kier alpha value is -2.76. The van der Waals surface area contributed by atoms with Gasteiger partial charge in [0.25, 0.3) is 5.91 Å². The molecule has 148 valence electrons. The fraction of sp³-hybridized carbons (Fsp3) is 0.208. The molecule has 1 atom stereocenters. The van der Waals surface area contributed by atoms with Gasteiger partial charge in [0.15, 0.2) is 5.56 Å². The molecular formula is C24H24N2O2S. The van der Waals surface area contributed by atoms with Crippen LogP contribution in [0.5, 0.6) is 0 Å². The number of aliphatic hydroxyl groups excluding tert-OH is 1. The maximum atomic E-state index is 13.0. The zero-order valence-corrected chi connectivity index (χ0v) is 17.8. The van der Waals surface area contributed by atoms with Crippen molar-refractivity contribution in [2.75, 3.05) is 4.90 Å². The third-order valence-electron chi connectivity index (χ3n) is 5.14. The number of para-hydroxylation sites is 1. The molecule has 29 heavy (non-hydrogen) atoms. The minimum atomic E-state index is -0.918. The first-order valence-corrected chi connectivity index (χ1v) is 10.5. The molecule has 3 aromatic rings. The van der Waals surface area contributed by atoms with E-state index in [2.05, 4.69) is 56.5 Å². The average molecular weight is 405 g/mol. The number of amides is 1. The van der Waals surface area contributed by atoms with Crippen molar-refractivity contribution in [2.24, 2.45) is 0 Å². The Balaban J connectivity index is 1.72. The van der Waals surface area contributed by atoms with Gasteiger partial charge in [-0.1, -0.05) is 36.0 Å². The summed E-state index contributed by atoms with van der Waals surface area (Å²) in [6, 6.07) is 17.9. The molecule has 5 heteroatoms. The van der Waals surface area contributed by atoms with Crippen molar-refractivity contribution in [3.63, 3.8) is 0 Å². The lowest BCUT2D eigenvalue weighted by atomic mass is 10.1. The standard InChI is InChI=1S/C24H24N2O2S/c1-15-10-16(2)12-21(11-15)25-17(3)13-19(18(25)4)14-22-23(27)26(24(28)29-22)20-8-6-5-7-9-20/h5-14,24,28H,1-4H3/b22-14+. The van der Waals surface area contributed by atoms with Gasteiger partial charge in [0, 0.05) is 22.8 Å². The molecule has 4 rings (SSSR count). The second-order valence-electron chi connectivity index (χ2n) is 7.47.